The van der Waals surface area contributed by atoms with Crippen molar-refractivity contribution in [3.8, 4) is 11.4 Å². The van der Waals surface area contributed by atoms with Gasteiger partial charge in [0, 0.05) is 5.56 Å². The van der Waals surface area contributed by atoms with Gasteiger partial charge in [-0.15, -0.1) is 15.3 Å². The van der Waals surface area contributed by atoms with Gasteiger partial charge in [0.1, 0.15) is 0 Å². The molecule has 0 atom stereocenters. The van der Waals surface area contributed by atoms with E-state index >= 15 is 0 Å². The average Bonchev–Trinajstić information content (AvgIpc) is 2.78. The van der Waals surface area contributed by atoms with Crippen LogP contribution in [0.25, 0.3) is 16.3 Å². The normalized spacial score (nSPS) is 11.1. The van der Waals surface area contributed by atoms with Gasteiger partial charge in [-0.05, 0) is 6.92 Å². The Labute approximate surface area is 95.5 Å². The summed E-state index contributed by atoms with van der Waals surface area (Å²) in [6.07, 6.45) is 0. The summed E-state index contributed by atoms with van der Waals surface area (Å²) in [7, 11) is 0. The molecule has 0 saturated carbocycles. The van der Waals surface area contributed by atoms with Gasteiger partial charge in [-0.1, -0.05) is 41.2 Å². The van der Waals surface area contributed by atoms with E-state index in [0.717, 1.165) is 11.4 Å². The number of aryl methyl sites for hydroxylation is 1. The average molecular weight is 231 g/mol. The predicted molar refractivity (Wildman–Crippen MR) is 63.2 cm³/mol. The summed E-state index contributed by atoms with van der Waals surface area (Å²) in [4.78, 5) is 0.716. The van der Waals surface area contributed by atoms with Crippen LogP contribution in [-0.4, -0.2) is 19.8 Å². The fraction of sp³-hybridized carbons (Fsp3) is 0.100. The molecule has 0 unspecified atom stereocenters. The Kier molecular flexibility index (Phi) is 1.90. The molecule has 2 heterocycles. The number of nitrogens with two attached hydrogens (primary N) is 1. The lowest BCUT2D eigenvalue weighted by Crippen LogP contribution is -1.92. The molecule has 2 N–H and O–H groups in total. The highest BCUT2D eigenvalue weighted by Gasteiger charge is 2.11. The molecule has 80 valence electrons. The van der Waals surface area contributed by atoms with Gasteiger partial charge in [-0.25, -0.2) is 0 Å². The number of benzene rings is 1. The first kappa shape index (κ1) is 9.29. The monoisotopic (exact) mass is 231 g/mol. The smallest absolute Gasteiger partial charge is 0.236 e. The third kappa shape index (κ3) is 1.35. The lowest BCUT2D eigenvalue weighted by atomic mass is 10.1. The lowest BCUT2D eigenvalue weighted by molar-refractivity contribution is 0.973. The highest BCUT2D eigenvalue weighted by Crippen LogP contribution is 2.22. The second kappa shape index (κ2) is 3.28. The van der Waals surface area contributed by atoms with Crippen LogP contribution in [0.2, 0.25) is 0 Å². The first-order valence-electron chi connectivity index (χ1n) is 4.79. The van der Waals surface area contributed by atoms with Gasteiger partial charge >= 0.3 is 0 Å². The van der Waals surface area contributed by atoms with Crippen molar-refractivity contribution in [2.24, 2.45) is 0 Å². The standard InChI is InChI=1S/C10H9N5S/c1-6-2-4-7(5-3-6)8-12-13-10-15(8)14-9(11)16-10/h2-5H,1H3,(H2,11,14). The molecule has 1 aromatic carbocycles. The Balaban J connectivity index is 2.21. The van der Waals surface area contributed by atoms with E-state index < -0.39 is 0 Å². The minimum atomic E-state index is 0.498. The second-order valence-corrected chi connectivity index (χ2v) is 4.51. The van der Waals surface area contributed by atoms with Crippen molar-refractivity contribution in [2.75, 3.05) is 5.73 Å². The van der Waals surface area contributed by atoms with Crippen LogP contribution in [0.15, 0.2) is 24.3 Å². The van der Waals surface area contributed by atoms with Crippen LogP contribution in [0, 0.1) is 6.92 Å². The highest BCUT2D eigenvalue weighted by molar-refractivity contribution is 7.20. The summed E-state index contributed by atoms with van der Waals surface area (Å²) in [5.74, 6) is 0.725. The molecule has 5 nitrogen and oxygen atoms in total. The Morgan fingerprint density at radius 3 is 2.69 bits per heavy atom. The van der Waals surface area contributed by atoms with E-state index in [-0.39, 0.29) is 0 Å². The molecule has 0 aliphatic carbocycles. The topological polar surface area (TPSA) is 69.1 Å². The molecule has 6 heteroatoms. The van der Waals surface area contributed by atoms with Crippen molar-refractivity contribution in [2.45, 2.75) is 6.92 Å². The molecule has 0 spiro atoms. The van der Waals surface area contributed by atoms with Crippen LogP contribution in [0.1, 0.15) is 5.56 Å². The molecular formula is C10H9N5S. The number of rotatable bonds is 1. The number of nitrogen functional groups attached to an aromatic ring is 1. The van der Waals surface area contributed by atoms with Crippen molar-refractivity contribution in [1.29, 1.82) is 0 Å². The molecule has 3 aromatic rings. The number of hydrogen-bond donors (Lipinski definition) is 1. The molecule has 2 aromatic heterocycles. The zero-order valence-corrected chi connectivity index (χ0v) is 9.40. The van der Waals surface area contributed by atoms with E-state index in [1.54, 1.807) is 4.52 Å². The molecule has 0 aliphatic heterocycles. The molecule has 0 amide bonds. The maximum Gasteiger partial charge on any atom is 0.236 e. The van der Waals surface area contributed by atoms with Gasteiger partial charge in [0.25, 0.3) is 0 Å². The van der Waals surface area contributed by atoms with Gasteiger partial charge in [-0.2, -0.15) is 4.52 Å². The second-order valence-electron chi connectivity index (χ2n) is 3.52. The molecule has 16 heavy (non-hydrogen) atoms. The van der Waals surface area contributed by atoms with Crippen LogP contribution in [0.4, 0.5) is 5.13 Å². The van der Waals surface area contributed by atoms with Gasteiger partial charge < -0.3 is 5.73 Å². The maximum atomic E-state index is 5.62. The first-order chi connectivity index (χ1) is 7.74. The summed E-state index contributed by atoms with van der Waals surface area (Å²) >= 11 is 1.33. The number of aromatic nitrogens is 4. The SMILES string of the molecule is Cc1ccc(-c2nnc3sc(N)nn23)cc1. The van der Waals surface area contributed by atoms with Crippen LogP contribution < -0.4 is 5.73 Å². The number of fused-ring (bicyclic) bond motifs is 1. The number of hydrogen-bond acceptors (Lipinski definition) is 5. The number of anilines is 1. The molecule has 0 bridgehead atoms. The van der Waals surface area contributed by atoms with Gasteiger partial charge in [0.15, 0.2) is 5.82 Å². The fourth-order valence-corrected chi connectivity index (χ4v) is 2.12. The largest absolute Gasteiger partial charge is 0.374 e. The minimum absolute atomic E-state index is 0.498. The Hall–Kier alpha value is -1.95. The Morgan fingerprint density at radius 2 is 1.94 bits per heavy atom. The third-order valence-corrected chi connectivity index (χ3v) is 3.04. The summed E-state index contributed by atoms with van der Waals surface area (Å²) in [6.45, 7) is 2.05. The van der Waals surface area contributed by atoms with E-state index in [1.807, 2.05) is 31.2 Å². The summed E-state index contributed by atoms with van der Waals surface area (Å²) in [5, 5.41) is 12.8. The Bertz CT molecular complexity index is 637. The van der Waals surface area contributed by atoms with Crippen LogP contribution in [-0.2, 0) is 0 Å². The first-order valence-corrected chi connectivity index (χ1v) is 5.60. The molecule has 0 aliphatic rings. The molecular weight excluding hydrogens is 222 g/mol. The fourth-order valence-electron chi connectivity index (χ4n) is 1.51. The van der Waals surface area contributed by atoms with Gasteiger partial charge in [0.2, 0.25) is 10.1 Å². The van der Waals surface area contributed by atoms with E-state index in [0.29, 0.717) is 10.1 Å². The summed E-state index contributed by atoms with van der Waals surface area (Å²) in [5.41, 5.74) is 7.82. The summed E-state index contributed by atoms with van der Waals surface area (Å²) in [6, 6.07) is 8.07. The van der Waals surface area contributed by atoms with Crippen LogP contribution in [0.5, 0.6) is 0 Å². The number of nitrogens with zero attached hydrogens (tertiary/aromatic N) is 4. The molecule has 3 rings (SSSR count). The van der Waals surface area contributed by atoms with E-state index in [1.165, 1.54) is 16.9 Å². The van der Waals surface area contributed by atoms with Crippen molar-refractivity contribution >= 4 is 21.4 Å². The molecule has 0 saturated heterocycles. The van der Waals surface area contributed by atoms with E-state index in [9.17, 15) is 0 Å². The maximum absolute atomic E-state index is 5.62. The van der Waals surface area contributed by atoms with Crippen molar-refractivity contribution in [3.63, 3.8) is 0 Å². The predicted octanol–water partition coefficient (Wildman–Crippen LogP) is 1.74. The van der Waals surface area contributed by atoms with Crippen molar-refractivity contribution < 1.29 is 0 Å². The van der Waals surface area contributed by atoms with Crippen LogP contribution >= 0.6 is 11.3 Å². The summed E-state index contributed by atoms with van der Waals surface area (Å²) < 4.78 is 1.67. The lowest BCUT2D eigenvalue weighted by Gasteiger charge is -1.97. The van der Waals surface area contributed by atoms with Crippen molar-refractivity contribution in [1.82, 2.24) is 19.8 Å². The third-order valence-electron chi connectivity index (χ3n) is 2.32. The molecule has 0 radical (unpaired) electrons. The zero-order valence-electron chi connectivity index (χ0n) is 8.58. The van der Waals surface area contributed by atoms with Gasteiger partial charge in [0.05, 0.1) is 0 Å². The highest BCUT2D eigenvalue weighted by atomic mass is 32.1. The molecule has 0 fully saturated rings. The van der Waals surface area contributed by atoms with E-state index in [4.69, 9.17) is 5.73 Å². The Morgan fingerprint density at radius 1 is 1.19 bits per heavy atom. The van der Waals surface area contributed by atoms with Crippen LogP contribution in [0.3, 0.4) is 0 Å². The van der Waals surface area contributed by atoms with Crippen molar-refractivity contribution in [3.05, 3.63) is 29.8 Å². The quantitative estimate of drug-likeness (QED) is 0.692. The minimum Gasteiger partial charge on any atom is -0.374 e. The van der Waals surface area contributed by atoms with E-state index in [2.05, 4.69) is 15.3 Å². The zero-order chi connectivity index (χ0) is 11.1. The van der Waals surface area contributed by atoms with Gasteiger partial charge in [-0.3, -0.25) is 0 Å².